The monoisotopic (exact) mass is 336 g/mol. The van der Waals surface area contributed by atoms with Crippen LogP contribution in [0.5, 0.6) is 0 Å². The Kier molecular flexibility index (Phi) is 10.8. The molecule has 0 spiro atoms. The van der Waals surface area contributed by atoms with Gasteiger partial charge in [-0.25, -0.2) is 0 Å². The van der Waals surface area contributed by atoms with Crippen LogP contribution in [0.15, 0.2) is 30.3 Å². The van der Waals surface area contributed by atoms with Gasteiger partial charge in [0.1, 0.15) is 0 Å². The van der Waals surface area contributed by atoms with Crippen molar-refractivity contribution in [1.82, 2.24) is 0 Å². The molecule has 0 bridgehead atoms. The van der Waals surface area contributed by atoms with E-state index in [0.717, 1.165) is 65.1 Å². The van der Waals surface area contributed by atoms with Gasteiger partial charge >= 0.3 is 0 Å². The number of rotatable bonds is 13. The molecule has 136 valence electrons. The van der Waals surface area contributed by atoms with Gasteiger partial charge in [-0.1, -0.05) is 30.3 Å². The van der Waals surface area contributed by atoms with Gasteiger partial charge in [-0.2, -0.15) is 0 Å². The molecule has 1 fully saturated rings. The number of hydrogen-bond acceptors (Lipinski definition) is 4. The highest BCUT2D eigenvalue weighted by molar-refractivity contribution is 5.13. The molecule has 0 radical (unpaired) electrons. The van der Waals surface area contributed by atoms with Gasteiger partial charge in [-0.3, -0.25) is 0 Å². The lowest BCUT2D eigenvalue weighted by Crippen LogP contribution is -2.23. The van der Waals surface area contributed by atoms with Gasteiger partial charge in [0.15, 0.2) is 6.29 Å². The van der Waals surface area contributed by atoms with Crippen molar-refractivity contribution in [2.45, 2.75) is 57.8 Å². The minimum Gasteiger partial charge on any atom is -0.381 e. The van der Waals surface area contributed by atoms with Crippen LogP contribution in [0.3, 0.4) is 0 Å². The quantitative estimate of drug-likeness (QED) is 0.503. The van der Waals surface area contributed by atoms with Crippen molar-refractivity contribution < 1.29 is 18.9 Å². The SMILES string of the molecule is c1ccc(COCCCCCOCCCOC2CCCCO2)cc1. The second-order valence-electron chi connectivity index (χ2n) is 6.23. The van der Waals surface area contributed by atoms with Crippen molar-refractivity contribution in [3.8, 4) is 0 Å². The summed E-state index contributed by atoms with van der Waals surface area (Å²) in [5, 5.41) is 0. The van der Waals surface area contributed by atoms with Crippen molar-refractivity contribution in [3.05, 3.63) is 35.9 Å². The average Bonchev–Trinajstić information content (AvgIpc) is 2.64. The van der Waals surface area contributed by atoms with Crippen LogP contribution in [0.2, 0.25) is 0 Å². The first kappa shape index (κ1) is 19.4. The Bertz CT molecular complexity index is 390. The van der Waals surface area contributed by atoms with E-state index < -0.39 is 0 Å². The summed E-state index contributed by atoms with van der Waals surface area (Å²) in [6.45, 7) is 4.72. The summed E-state index contributed by atoms with van der Waals surface area (Å²) in [6, 6.07) is 10.3. The predicted octanol–water partition coefficient (Wildman–Crippen LogP) is 4.32. The molecule has 4 nitrogen and oxygen atoms in total. The molecule has 0 amide bonds. The van der Waals surface area contributed by atoms with Gasteiger partial charge in [0.2, 0.25) is 0 Å². The first-order valence-corrected chi connectivity index (χ1v) is 9.38. The lowest BCUT2D eigenvalue weighted by atomic mass is 10.2. The molecule has 0 aromatic heterocycles. The van der Waals surface area contributed by atoms with E-state index in [2.05, 4.69) is 12.1 Å². The van der Waals surface area contributed by atoms with E-state index in [1.165, 1.54) is 18.4 Å². The second kappa shape index (κ2) is 13.4. The maximum Gasteiger partial charge on any atom is 0.157 e. The zero-order valence-electron chi connectivity index (χ0n) is 14.8. The summed E-state index contributed by atoms with van der Waals surface area (Å²) in [4.78, 5) is 0. The largest absolute Gasteiger partial charge is 0.381 e. The molecule has 1 saturated heterocycles. The molecule has 24 heavy (non-hydrogen) atoms. The molecule has 0 aliphatic carbocycles. The van der Waals surface area contributed by atoms with Crippen LogP contribution in [-0.4, -0.2) is 39.3 Å². The van der Waals surface area contributed by atoms with Gasteiger partial charge in [-0.05, 0) is 50.5 Å². The summed E-state index contributed by atoms with van der Waals surface area (Å²) < 4.78 is 22.5. The molecule has 0 N–H and O–H groups in total. The van der Waals surface area contributed by atoms with Crippen LogP contribution >= 0.6 is 0 Å². The Morgan fingerprint density at radius 3 is 2.42 bits per heavy atom. The summed E-state index contributed by atoms with van der Waals surface area (Å²) >= 11 is 0. The molecule has 1 heterocycles. The maximum atomic E-state index is 5.67. The third-order valence-electron chi connectivity index (χ3n) is 4.06. The van der Waals surface area contributed by atoms with Gasteiger partial charge in [0.25, 0.3) is 0 Å². The fraction of sp³-hybridized carbons (Fsp3) is 0.700. The number of unbranched alkanes of at least 4 members (excludes halogenated alkanes) is 2. The number of benzene rings is 1. The molecule has 2 rings (SSSR count). The van der Waals surface area contributed by atoms with E-state index in [9.17, 15) is 0 Å². The van der Waals surface area contributed by atoms with Crippen LogP contribution in [0, 0.1) is 0 Å². The normalized spacial score (nSPS) is 17.9. The Balaban J connectivity index is 1.28. The summed E-state index contributed by atoms with van der Waals surface area (Å²) in [5.41, 5.74) is 1.24. The fourth-order valence-electron chi connectivity index (χ4n) is 2.67. The van der Waals surface area contributed by atoms with Crippen LogP contribution in [0.25, 0.3) is 0 Å². The lowest BCUT2D eigenvalue weighted by Gasteiger charge is -2.22. The van der Waals surface area contributed by atoms with Gasteiger partial charge < -0.3 is 18.9 Å². The van der Waals surface area contributed by atoms with Crippen LogP contribution in [0.1, 0.15) is 50.5 Å². The van der Waals surface area contributed by atoms with E-state index in [-0.39, 0.29) is 6.29 Å². The minimum atomic E-state index is 0.0228. The van der Waals surface area contributed by atoms with E-state index in [4.69, 9.17) is 18.9 Å². The lowest BCUT2D eigenvalue weighted by molar-refractivity contribution is -0.164. The maximum absolute atomic E-state index is 5.67. The molecular formula is C20H32O4. The van der Waals surface area contributed by atoms with Crippen molar-refractivity contribution in [2.24, 2.45) is 0 Å². The van der Waals surface area contributed by atoms with Crippen LogP contribution < -0.4 is 0 Å². The zero-order chi connectivity index (χ0) is 16.7. The third kappa shape index (κ3) is 9.38. The Hall–Kier alpha value is -0.940. The van der Waals surface area contributed by atoms with Crippen LogP contribution in [0.4, 0.5) is 0 Å². The highest BCUT2D eigenvalue weighted by Gasteiger charge is 2.13. The van der Waals surface area contributed by atoms with E-state index in [0.29, 0.717) is 6.61 Å². The van der Waals surface area contributed by atoms with E-state index in [1.54, 1.807) is 0 Å². The Morgan fingerprint density at radius 1 is 0.833 bits per heavy atom. The van der Waals surface area contributed by atoms with Crippen molar-refractivity contribution >= 4 is 0 Å². The highest BCUT2D eigenvalue weighted by atomic mass is 16.7. The molecule has 1 aromatic carbocycles. The second-order valence-corrected chi connectivity index (χ2v) is 6.23. The smallest absolute Gasteiger partial charge is 0.157 e. The molecule has 4 heteroatoms. The van der Waals surface area contributed by atoms with E-state index >= 15 is 0 Å². The van der Waals surface area contributed by atoms with Crippen LogP contribution in [-0.2, 0) is 25.6 Å². The average molecular weight is 336 g/mol. The topological polar surface area (TPSA) is 36.9 Å². The Labute approximate surface area is 146 Å². The van der Waals surface area contributed by atoms with Gasteiger partial charge in [0.05, 0.1) is 13.2 Å². The predicted molar refractivity (Wildman–Crippen MR) is 94.9 cm³/mol. The standard InChI is InChI=1S/C20H32O4/c1-3-10-19(11-4-1)18-22-14-7-2-6-13-21-15-9-17-24-20-12-5-8-16-23-20/h1,3-4,10-11,20H,2,5-9,12-18H2. The van der Waals surface area contributed by atoms with Crippen molar-refractivity contribution in [3.63, 3.8) is 0 Å². The summed E-state index contributed by atoms with van der Waals surface area (Å²) in [5.74, 6) is 0. The number of ether oxygens (including phenoxy) is 4. The van der Waals surface area contributed by atoms with Crippen molar-refractivity contribution in [1.29, 1.82) is 0 Å². The van der Waals surface area contributed by atoms with Gasteiger partial charge in [0, 0.05) is 26.4 Å². The Morgan fingerprint density at radius 2 is 1.62 bits per heavy atom. The molecule has 1 aliphatic rings. The molecule has 1 atom stereocenters. The van der Waals surface area contributed by atoms with Gasteiger partial charge in [-0.15, -0.1) is 0 Å². The van der Waals surface area contributed by atoms with E-state index in [1.807, 2.05) is 18.2 Å². The first-order valence-electron chi connectivity index (χ1n) is 9.38. The van der Waals surface area contributed by atoms with Crippen molar-refractivity contribution in [2.75, 3.05) is 33.0 Å². The number of hydrogen-bond donors (Lipinski definition) is 0. The minimum absolute atomic E-state index is 0.0228. The summed E-state index contributed by atoms with van der Waals surface area (Å²) in [6.07, 6.45) is 7.74. The molecule has 1 aromatic rings. The molecular weight excluding hydrogens is 304 g/mol. The highest BCUT2D eigenvalue weighted by Crippen LogP contribution is 2.13. The third-order valence-corrected chi connectivity index (χ3v) is 4.06. The zero-order valence-corrected chi connectivity index (χ0v) is 14.8. The molecule has 1 aliphatic heterocycles. The molecule has 1 unspecified atom stereocenters. The summed E-state index contributed by atoms with van der Waals surface area (Å²) in [7, 11) is 0. The first-order chi connectivity index (χ1) is 11.9. The molecule has 0 saturated carbocycles. The fourth-order valence-corrected chi connectivity index (χ4v) is 2.67.